The molecule has 21 heavy (non-hydrogen) atoms. The van der Waals surface area contributed by atoms with E-state index in [0.29, 0.717) is 29.5 Å². The van der Waals surface area contributed by atoms with Crippen LogP contribution in [-0.2, 0) is 24.1 Å². The third-order valence-corrected chi connectivity index (χ3v) is 3.98. The first kappa shape index (κ1) is 14.1. The lowest BCUT2D eigenvalue weighted by Crippen LogP contribution is -2.26. The van der Waals surface area contributed by atoms with Gasteiger partial charge >= 0.3 is 12.3 Å². The van der Waals surface area contributed by atoms with Crippen molar-refractivity contribution < 1.29 is 28.2 Å². The van der Waals surface area contributed by atoms with Crippen LogP contribution in [0.1, 0.15) is 48.4 Å². The Morgan fingerprint density at radius 1 is 1.24 bits per heavy atom. The number of carboxylic acids is 1. The lowest BCUT2D eigenvalue weighted by molar-refractivity contribution is -0.287. The molecule has 0 radical (unpaired) electrons. The number of carboxylic acid groups (broad SMARTS) is 1. The van der Waals surface area contributed by atoms with E-state index in [2.05, 4.69) is 9.47 Å². The maximum atomic E-state index is 13.5. The molecule has 0 spiro atoms. The second-order valence-electron chi connectivity index (χ2n) is 5.75. The van der Waals surface area contributed by atoms with Gasteiger partial charge in [-0.2, -0.15) is 0 Å². The standard InChI is InChI=1S/C15H16F2O4/c1-7(2)12-10(6-11(18)19)8-4-3-5-9(8)13-14(12)21-15(16,17)20-13/h7H,3-6H2,1-2H3,(H,18,19). The van der Waals surface area contributed by atoms with Crippen LogP contribution in [0.5, 0.6) is 11.5 Å². The Balaban J connectivity index is 2.27. The summed E-state index contributed by atoms with van der Waals surface area (Å²) in [5, 5.41) is 9.14. The summed E-state index contributed by atoms with van der Waals surface area (Å²) in [6.45, 7) is 3.67. The zero-order valence-corrected chi connectivity index (χ0v) is 11.8. The lowest BCUT2D eigenvalue weighted by atomic mass is 9.88. The third kappa shape index (κ3) is 2.22. The van der Waals surface area contributed by atoms with E-state index in [-0.39, 0.29) is 23.8 Å². The van der Waals surface area contributed by atoms with E-state index in [1.807, 2.05) is 13.8 Å². The molecule has 1 aliphatic heterocycles. The van der Waals surface area contributed by atoms with Crippen LogP contribution in [0.3, 0.4) is 0 Å². The van der Waals surface area contributed by atoms with Crippen molar-refractivity contribution >= 4 is 5.97 Å². The highest BCUT2D eigenvalue weighted by Crippen LogP contribution is 2.52. The molecular weight excluding hydrogens is 282 g/mol. The average Bonchev–Trinajstić information content (AvgIpc) is 2.90. The van der Waals surface area contributed by atoms with E-state index in [1.165, 1.54) is 0 Å². The minimum absolute atomic E-state index is 0.0203. The number of hydrogen-bond acceptors (Lipinski definition) is 3. The summed E-state index contributed by atoms with van der Waals surface area (Å²) in [5.41, 5.74) is 2.68. The Kier molecular flexibility index (Phi) is 3.07. The highest BCUT2D eigenvalue weighted by Gasteiger charge is 2.48. The highest BCUT2D eigenvalue weighted by atomic mass is 19.3. The van der Waals surface area contributed by atoms with Crippen LogP contribution in [0.2, 0.25) is 0 Å². The van der Waals surface area contributed by atoms with E-state index in [9.17, 15) is 13.6 Å². The molecule has 4 nitrogen and oxygen atoms in total. The van der Waals surface area contributed by atoms with Gasteiger partial charge in [0.25, 0.3) is 0 Å². The van der Waals surface area contributed by atoms with Crippen LogP contribution in [0, 0.1) is 0 Å². The van der Waals surface area contributed by atoms with Crippen molar-refractivity contribution in [1.82, 2.24) is 0 Å². The molecular formula is C15H16F2O4. The van der Waals surface area contributed by atoms with Crippen molar-refractivity contribution in [2.45, 2.75) is 51.7 Å². The number of carbonyl (C=O) groups is 1. The second-order valence-corrected chi connectivity index (χ2v) is 5.75. The van der Waals surface area contributed by atoms with Gasteiger partial charge < -0.3 is 14.6 Å². The zero-order valence-electron chi connectivity index (χ0n) is 11.8. The van der Waals surface area contributed by atoms with Gasteiger partial charge in [-0.05, 0) is 36.3 Å². The van der Waals surface area contributed by atoms with Crippen LogP contribution < -0.4 is 9.47 Å². The first-order chi connectivity index (χ1) is 9.80. The van der Waals surface area contributed by atoms with E-state index in [0.717, 1.165) is 12.0 Å². The van der Waals surface area contributed by atoms with Crippen molar-refractivity contribution in [3.05, 3.63) is 22.3 Å². The Labute approximate surface area is 120 Å². The summed E-state index contributed by atoms with van der Waals surface area (Å²) in [7, 11) is 0. The minimum atomic E-state index is -3.68. The van der Waals surface area contributed by atoms with Gasteiger partial charge in [0.15, 0.2) is 11.5 Å². The topological polar surface area (TPSA) is 55.8 Å². The van der Waals surface area contributed by atoms with Crippen LogP contribution in [-0.4, -0.2) is 17.4 Å². The third-order valence-electron chi connectivity index (χ3n) is 3.98. The van der Waals surface area contributed by atoms with Gasteiger partial charge in [0.1, 0.15) is 0 Å². The normalized spacial score (nSPS) is 18.1. The molecule has 1 heterocycles. The van der Waals surface area contributed by atoms with Crippen molar-refractivity contribution in [2.24, 2.45) is 0 Å². The first-order valence-corrected chi connectivity index (χ1v) is 6.98. The fraction of sp³-hybridized carbons (Fsp3) is 0.533. The quantitative estimate of drug-likeness (QED) is 0.930. The van der Waals surface area contributed by atoms with Crippen molar-refractivity contribution in [3.8, 4) is 11.5 Å². The summed E-state index contributed by atoms with van der Waals surface area (Å²) in [4.78, 5) is 11.2. The van der Waals surface area contributed by atoms with Gasteiger partial charge in [0.2, 0.25) is 0 Å². The Morgan fingerprint density at radius 2 is 1.86 bits per heavy atom. The van der Waals surface area contributed by atoms with Crippen molar-refractivity contribution in [1.29, 1.82) is 0 Å². The van der Waals surface area contributed by atoms with E-state index < -0.39 is 12.3 Å². The molecule has 0 unspecified atom stereocenters. The van der Waals surface area contributed by atoms with Crippen LogP contribution in [0.25, 0.3) is 0 Å². The van der Waals surface area contributed by atoms with Gasteiger partial charge in [0.05, 0.1) is 6.42 Å². The molecule has 0 bridgehead atoms. The monoisotopic (exact) mass is 298 g/mol. The second kappa shape index (κ2) is 4.58. The maximum Gasteiger partial charge on any atom is 0.586 e. The van der Waals surface area contributed by atoms with E-state index >= 15 is 0 Å². The van der Waals surface area contributed by atoms with Crippen LogP contribution in [0.4, 0.5) is 8.78 Å². The predicted molar refractivity (Wildman–Crippen MR) is 70.1 cm³/mol. The number of benzene rings is 1. The molecule has 0 aromatic heterocycles. The van der Waals surface area contributed by atoms with E-state index in [1.54, 1.807) is 0 Å². The molecule has 0 fully saturated rings. The molecule has 3 rings (SSSR count). The molecule has 114 valence electrons. The number of halogens is 2. The number of alkyl halides is 2. The Morgan fingerprint density at radius 3 is 2.48 bits per heavy atom. The van der Waals surface area contributed by atoms with Gasteiger partial charge in [-0.15, -0.1) is 8.78 Å². The molecule has 0 saturated carbocycles. The lowest BCUT2D eigenvalue weighted by Gasteiger charge is -2.18. The van der Waals surface area contributed by atoms with Crippen molar-refractivity contribution in [3.63, 3.8) is 0 Å². The number of fused-ring (bicyclic) bond motifs is 3. The summed E-state index contributed by atoms with van der Waals surface area (Å²) >= 11 is 0. The van der Waals surface area contributed by atoms with Gasteiger partial charge in [-0.1, -0.05) is 13.8 Å². The molecule has 1 N–H and O–H groups in total. The molecule has 2 aliphatic rings. The fourth-order valence-electron chi connectivity index (χ4n) is 3.32. The number of aliphatic carboxylic acids is 1. The summed E-state index contributed by atoms with van der Waals surface area (Å²) in [6.07, 6.45) is -1.74. The SMILES string of the molecule is CC(C)c1c(CC(=O)O)c2c(c3c1OC(F)(F)O3)CCC2. The molecule has 0 amide bonds. The maximum absolute atomic E-state index is 13.5. The van der Waals surface area contributed by atoms with Crippen LogP contribution in [0.15, 0.2) is 0 Å². The Bertz CT molecular complexity index is 623. The molecule has 0 atom stereocenters. The molecule has 1 aliphatic carbocycles. The largest absolute Gasteiger partial charge is 0.586 e. The zero-order chi connectivity index (χ0) is 15.4. The number of hydrogen-bond donors (Lipinski definition) is 1. The summed E-state index contributed by atoms with van der Waals surface area (Å²) in [5.74, 6) is -0.981. The molecule has 1 aromatic carbocycles. The minimum Gasteiger partial charge on any atom is -0.481 e. The van der Waals surface area contributed by atoms with Crippen LogP contribution >= 0.6 is 0 Å². The molecule has 6 heteroatoms. The number of rotatable bonds is 3. The van der Waals surface area contributed by atoms with Gasteiger partial charge in [-0.3, -0.25) is 4.79 Å². The van der Waals surface area contributed by atoms with Gasteiger partial charge in [-0.25, -0.2) is 0 Å². The summed E-state index contributed by atoms with van der Waals surface area (Å²) < 4.78 is 36.3. The molecule has 1 aromatic rings. The fourth-order valence-corrected chi connectivity index (χ4v) is 3.32. The smallest absolute Gasteiger partial charge is 0.481 e. The number of ether oxygens (including phenoxy) is 2. The Hall–Kier alpha value is -1.85. The molecule has 0 saturated heterocycles. The van der Waals surface area contributed by atoms with E-state index in [4.69, 9.17) is 5.11 Å². The summed E-state index contributed by atoms with van der Waals surface area (Å²) in [6, 6.07) is 0. The average molecular weight is 298 g/mol. The highest BCUT2D eigenvalue weighted by molar-refractivity contribution is 5.75. The predicted octanol–water partition coefficient (Wildman–Crippen LogP) is 3.25. The van der Waals surface area contributed by atoms with Gasteiger partial charge in [0, 0.05) is 11.1 Å². The van der Waals surface area contributed by atoms with Crippen molar-refractivity contribution in [2.75, 3.05) is 0 Å². The first-order valence-electron chi connectivity index (χ1n) is 6.98.